The summed E-state index contributed by atoms with van der Waals surface area (Å²) in [5.74, 6) is -0.821. The minimum absolute atomic E-state index is 0.156. The Morgan fingerprint density at radius 1 is 1.23 bits per heavy atom. The third kappa shape index (κ3) is 2.70. The molecule has 2 aromatic carbocycles. The number of imidazole rings is 1. The molecule has 2 heterocycles. The number of carbonyl (C=O) groups is 1. The third-order valence-corrected chi connectivity index (χ3v) is 4.83. The van der Waals surface area contributed by atoms with Crippen molar-refractivity contribution in [2.75, 3.05) is 11.9 Å². The first-order valence-electron chi connectivity index (χ1n) is 8.51. The maximum absolute atomic E-state index is 14.7. The number of anilines is 1. The highest BCUT2D eigenvalue weighted by atomic mass is 19.1. The molecule has 26 heavy (non-hydrogen) atoms. The monoisotopic (exact) mass is 354 g/mol. The number of para-hydroxylation sites is 2. The zero-order chi connectivity index (χ0) is 18.3. The average molecular weight is 354 g/mol. The van der Waals surface area contributed by atoms with Gasteiger partial charge in [-0.15, -0.1) is 0 Å². The van der Waals surface area contributed by atoms with Crippen molar-refractivity contribution in [1.82, 2.24) is 14.5 Å². The van der Waals surface area contributed by atoms with Gasteiger partial charge in [-0.2, -0.15) is 0 Å². The van der Waals surface area contributed by atoms with Crippen LogP contribution in [-0.4, -0.2) is 21.6 Å². The largest absolute Gasteiger partial charge is 0.329 e. The number of nitrogens with one attached hydrogen (secondary N) is 2. The number of hydrogen-bond donors (Lipinski definition) is 2. The van der Waals surface area contributed by atoms with E-state index in [-0.39, 0.29) is 23.7 Å². The number of carbonyl (C=O) groups excluding carboxylic acids is 1. The summed E-state index contributed by atoms with van der Waals surface area (Å²) in [6.07, 6.45) is 0.591. The van der Waals surface area contributed by atoms with Crippen molar-refractivity contribution in [3.05, 3.63) is 63.8 Å². The van der Waals surface area contributed by atoms with Gasteiger partial charge in [-0.3, -0.25) is 13.9 Å². The molecule has 0 atom stereocenters. The Kier molecular flexibility index (Phi) is 4.08. The van der Waals surface area contributed by atoms with Gasteiger partial charge in [0.05, 0.1) is 16.7 Å². The van der Waals surface area contributed by atoms with Crippen LogP contribution in [0, 0.1) is 5.82 Å². The standard InChI is InChI=1S/C19H19FN4O2/c1-23-15-4-2-3-5-16(15)24(19(23)26)11-17(25)22-14-7-6-12-10-21-9-8-13(12)18(14)20/h2-7,21H,8-11H2,1H3,(H,22,25). The van der Waals surface area contributed by atoms with Crippen LogP contribution in [0.3, 0.4) is 0 Å². The van der Waals surface area contributed by atoms with Crippen LogP contribution in [-0.2, 0) is 31.4 Å². The lowest BCUT2D eigenvalue weighted by Gasteiger charge is -2.19. The van der Waals surface area contributed by atoms with Crippen LogP contribution in [0.1, 0.15) is 11.1 Å². The van der Waals surface area contributed by atoms with Crippen LogP contribution >= 0.6 is 0 Å². The van der Waals surface area contributed by atoms with E-state index in [2.05, 4.69) is 10.6 Å². The van der Waals surface area contributed by atoms with E-state index in [4.69, 9.17) is 0 Å². The second kappa shape index (κ2) is 6.42. The molecular formula is C19H19FN4O2. The Hall–Kier alpha value is -2.93. The number of fused-ring (bicyclic) bond motifs is 2. The van der Waals surface area contributed by atoms with Crippen molar-refractivity contribution in [3.8, 4) is 0 Å². The van der Waals surface area contributed by atoms with E-state index in [9.17, 15) is 14.0 Å². The summed E-state index contributed by atoms with van der Waals surface area (Å²) in [4.78, 5) is 24.8. The SMILES string of the molecule is Cn1c(=O)n(CC(=O)Nc2ccc3c(c2F)CCNC3)c2ccccc21. The molecular weight excluding hydrogens is 335 g/mol. The van der Waals surface area contributed by atoms with Crippen molar-refractivity contribution in [2.45, 2.75) is 19.5 Å². The summed E-state index contributed by atoms with van der Waals surface area (Å²) < 4.78 is 17.6. The van der Waals surface area contributed by atoms with Crippen molar-refractivity contribution in [3.63, 3.8) is 0 Å². The van der Waals surface area contributed by atoms with Gasteiger partial charge in [0, 0.05) is 13.6 Å². The van der Waals surface area contributed by atoms with Gasteiger partial charge >= 0.3 is 5.69 Å². The Balaban J connectivity index is 1.61. The van der Waals surface area contributed by atoms with E-state index < -0.39 is 5.91 Å². The van der Waals surface area contributed by atoms with Crippen LogP contribution in [0.2, 0.25) is 0 Å². The van der Waals surface area contributed by atoms with E-state index in [1.165, 1.54) is 9.13 Å². The van der Waals surface area contributed by atoms with Crippen molar-refractivity contribution in [1.29, 1.82) is 0 Å². The van der Waals surface area contributed by atoms with Crippen LogP contribution < -0.4 is 16.3 Å². The lowest BCUT2D eigenvalue weighted by molar-refractivity contribution is -0.116. The van der Waals surface area contributed by atoms with Gasteiger partial charge in [-0.1, -0.05) is 18.2 Å². The van der Waals surface area contributed by atoms with E-state index in [0.717, 1.165) is 11.1 Å². The number of aromatic nitrogens is 2. The molecule has 3 aromatic rings. The molecule has 0 unspecified atom stereocenters. The third-order valence-electron chi connectivity index (χ3n) is 4.83. The Labute approximate surface area is 149 Å². The molecule has 7 heteroatoms. The molecule has 1 aromatic heterocycles. The lowest BCUT2D eigenvalue weighted by atomic mass is 9.99. The predicted molar refractivity (Wildman–Crippen MR) is 97.6 cm³/mol. The average Bonchev–Trinajstić information content (AvgIpc) is 2.89. The molecule has 1 aliphatic heterocycles. The second-order valence-corrected chi connectivity index (χ2v) is 6.46. The first-order valence-corrected chi connectivity index (χ1v) is 8.51. The second-order valence-electron chi connectivity index (χ2n) is 6.46. The van der Waals surface area contributed by atoms with Gasteiger partial charge in [-0.25, -0.2) is 9.18 Å². The minimum atomic E-state index is -0.434. The molecule has 134 valence electrons. The highest BCUT2D eigenvalue weighted by molar-refractivity contribution is 5.92. The van der Waals surface area contributed by atoms with Gasteiger partial charge in [0.25, 0.3) is 0 Å². The molecule has 0 radical (unpaired) electrons. The minimum Gasteiger partial charge on any atom is -0.322 e. The zero-order valence-electron chi connectivity index (χ0n) is 14.4. The fourth-order valence-electron chi connectivity index (χ4n) is 3.48. The molecule has 0 saturated carbocycles. The number of halogens is 1. The molecule has 4 rings (SSSR count). The van der Waals surface area contributed by atoms with Crippen LogP contribution in [0.4, 0.5) is 10.1 Å². The van der Waals surface area contributed by atoms with Crippen LogP contribution in [0.5, 0.6) is 0 Å². The Morgan fingerprint density at radius 2 is 2.00 bits per heavy atom. The Morgan fingerprint density at radius 3 is 2.81 bits per heavy atom. The molecule has 0 saturated heterocycles. The van der Waals surface area contributed by atoms with Gasteiger partial charge in [-0.05, 0) is 42.3 Å². The number of nitrogens with zero attached hydrogens (tertiary/aromatic N) is 2. The summed E-state index contributed by atoms with van der Waals surface area (Å²) in [5, 5.41) is 5.80. The number of benzene rings is 2. The summed E-state index contributed by atoms with van der Waals surface area (Å²) in [6, 6.07) is 10.7. The highest BCUT2D eigenvalue weighted by Gasteiger charge is 2.19. The van der Waals surface area contributed by atoms with Crippen molar-refractivity contribution < 1.29 is 9.18 Å². The molecule has 0 aliphatic carbocycles. The van der Waals surface area contributed by atoms with Crippen molar-refractivity contribution in [2.24, 2.45) is 7.05 Å². The van der Waals surface area contributed by atoms with Gasteiger partial charge < -0.3 is 10.6 Å². The fourth-order valence-corrected chi connectivity index (χ4v) is 3.48. The highest BCUT2D eigenvalue weighted by Crippen LogP contribution is 2.24. The van der Waals surface area contributed by atoms with E-state index in [1.807, 2.05) is 24.3 Å². The maximum atomic E-state index is 14.7. The number of aryl methyl sites for hydroxylation is 1. The van der Waals surface area contributed by atoms with E-state index in [0.29, 0.717) is 30.6 Å². The molecule has 1 amide bonds. The van der Waals surface area contributed by atoms with E-state index >= 15 is 0 Å². The fraction of sp³-hybridized carbons (Fsp3) is 0.263. The zero-order valence-corrected chi connectivity index (χ0v) is 14.4. The van der Waals surface area contributed by atoms with Gasteiger partial charge in [0.15, 0.2) is 0 Å². The molecule has 0 spiro atoms. The van der Waals surface area contributed by atoms with E-state index in [1.54, 1.807) is 19.2 Å². The van der Waals surface area contributed by atoms with Crippen LogP contribution in [0.25, 0.3) is 11.0 Å². The van der Waals surface area contributed by atoms with Crippen LogP contribution in [0.15, 0.2) is 41.2 Å². The number of rotatable bonds is 3. The maximum Gasteiger partial charge on any atom is 0.329 e. The molecule has 6 nitrogen and oxygen atoms in total. The first-order chi connectivity index (χ1) is 12.6. The summed E-state index contributed by atoms with van der Waals surface area (Å²) in [6.45, 7) is 1.18. The van der Waals surface area contributed by atoms with Gasteiger partial charge in [0.1, 0.15) is 12.4 Å². The smallest absolute Gasteiger partial charge is 0.322 e. The summed E-state index contributed by atoms with van der Waals surface area (Å²) >= 11 is 0. The topological polar surface area (TPSA) is 68.1 Å². The predicted octanol–water partition coefficient (Wildman–Crippen LogP) is 1.76. The Bertz CT molecular complexity index is 1070. The number of amides is 1. The first kappa shape index (κ1) is 16.5. The lowest BCUT2D eigenvalue weighted by Crippen LogP contribution is -2.29. The quantitative estimate of drug-likeness (QED) is 0.753. The normalized spacial score (nSPS) is 13.6. The summed E-state index contributed by atoms with van der Waals surface area (Å²) in [5.41, 5.74) is 2.85. The number of hydrogen-bond acceptors (Lipinski definition) is 3. The molecule has 2 N–H and O–H groups in total. The molecule has 0 bridgehead atoms. The molecule has 1 aliphatic rings. The van der Waals surface area contributed by atoms with Gasteiger partial charge in [0.2, 0.25) is 5.91 Å². The summed E-state index contributed by atoms with van der Waals surface area (Å²) in [7, 11) is 1.66. The molecule has 0 fully saturated rings. The van der Waals surface area contributed by atoms with Crippen molar-refractivity contribution >= 4 is 22.6 Å².